The molecule has 6 nitrogen and oxygen atoms in total. The number of benzene rings is 1. The molecule has 0 bridgehead atoms. The predicted molar refractivity (Wildman–Crippen MR) is 57.7 cm³/mol. The molecular formula is C6H11BClN3O3. The second-order valence-corrected chi connectivity index (χ2v) is 2.42. The predicted octanol–water partition coefficient (Wildman–Crippen LogP) is -0.797. The van der Waals surface area contributed by atoms with Gasteiger partial charge in [0.15, 0.2) is 0 Å². The molecule has 0 fully saturated rings. The summed E-state index contributed by atoms with van der Waals surface area (Å²) in [5.74, 6) is 0.0849. The summed E-state index contributed by atoms with van der Waals surface area (Å²) in [7, 11) is -1.93. The van der Waals surface area contributed by atoms with Crippen LogP contribution >= 0.6 is 12.4 Å². The zero-order valence-corrected chi connectivity index (χ0v) is 7.99. The Morgan fingerprint density at radius 1 is 1.07 bits per heavy atom. The van der Waals surface area contributed by atoms with Crippen LogP contribution in [0.15, 0.2) is 12.1 Å². The third kappa shape index (κ3) is 2.59. The maximum absolute atomic E-state index is 8.50. The van der Waals surface area contributed by atoms with E-state index in [-0.39, 0.29) is 29.5 Å². The van der Waals surface area contributed by atoms with Gasteiger partial charge in [-0.1, -0.05) is 0 Å². The molecule has 0 aliphatic carbocycles. The van der Waals surface area contributed by atoms with E-state index < -0.39 is 7.32 Å². The maximum atomic E-state index is 8.50. The van der Waals surface area contributed by atoms with Gasteiger partial charge in [0.05, 0.1) is 17.1 Å². The average molecular weight is 219 g/mol. The lowest BCUT2D eigenvalue weighted by Gasteiger charge is -2.10. The standard InChI is InChI=1S/C6H10BN3O3.ClH/c8-3-1-2-4(13-7(11)12)6(10)5(3)9;/h1-2,11-12H,8-10H2;1H. The minimum Gasteiger partial charge on any atom is -0.510 e. The van der Waals surface area contributed by atoms with E-state index in [9.17, 15) is 0 Å². The minimum absolute atomic E-state index is 0. The molecule has 1 aromatic carbocycles. The van der Waals surface area contributed by atoms with Crippen LogP contribution in [0.5, 0.6) is 5.75 Å². The highest BCUT2D eigenvalue weighted by atomic mass is 35.5. The number of hydrogen-bond donors (Lipinski definition) is 5. The number of nitrogen functional groups attached to an aromatic ring is 3. The quantitative estimate of drug-likeness (QED) is 0.327. The van der Waals surface area contributed by atoms with E-state index in [1.165, 1.54) is 12.1 Å². The minimum atomic E-state index is -1.93. The van der Waals surface area contributed by atoms with Crippen molar-refractivity contribution in [1.82, 2.24) is 0 Å². The summed E-state index contributed by atoms with van der Waals surface area (Å²) in [6.07, 6.45) is 0. The highest BCUT2D eigenvalue weighted by molar-refractivity contribution is 6.34. The van der Waals surface area contributed by atoms with Gasteiger partial charge in [-0.3, -0.25) is 0 Å². The van der Waals surface area contributed by atoms with Crippen LogP contribution in [0.1, 0.15) is 0 Å². The monoisotopic (exact) mass is 219 g/mol. The third-order valence-corrected chi connectivity index (χ3v) is 1.51. The largest absolute Gasteiger partial charge is 0.707 e. The van der Waals surface area contributed by atoms with Crippen molar-refractivity contribution in [3.8, 4) is 5.75 Å². The molecule has 0 unspecified atom stereocenters. The van der Waals surface area contributed by atoms with Crippen LogP contribution in [-0.2, 0) is 0 Å². The van der Waals surface area contributed by atoms with Gasteiger partial charge in [-0.25, -0.2) is 0 Å². The number of nitrogens with two attached hydrogens (primary N) is 3. The van der Waals surface area contributed by atoms with E-state index >= 15 is 0 Å². The Balaban J connectivity index is 0.00000169. The molecule has 0 amide bonds. The topological polar surface area (TPSA) is 128 Å². The van der Waals surface area contributed by atoms with Gasteiger partial charge in [-0.15, -0.1) is 12.4 Å². The van der Waals surface area contributed by atoms with Gasteiger partial charge in [-0.2, -0.15) is 0 Å². The molecule has 1 rings (SSSR count). The molecule has 0 spiro atoms. The van der Waals surface area contributed by atoms with E-state index in [2.05, 4.69) is 4.65 Å². The second kappa shape index (κ2) is 4.80. The summed E-state index contributed by atoms with van der Waals surface area (Å²) in [6.45, 7) is 0. The lowest BCUT2D eigenvalue weighted by molar-refractivity contribution is 0.289. The fourth-order valence-corrected chi connectivity index (χ4v) is 0.850. The van der Waals surface area contributed by atoms with E-state index in [1.54, 1.807) is 0 Å². The second-order valence-electron chi connectivity index (χ2n) is 2.42. The first-order valence-electron chi connectivity index (χ1n) is 3.48. The summed E-state index contributed by atoms with van der Waals surface area (Å²) in [4.78, 5) is 0. The summed E-state index contributed by atoms with van der Waals surface area (Å²) < 4.78 is 4.53. The van der Waals surface area contributed by atoms with Crippen molar-refractivity contribution in [2.75, 3.05) is 17.2 Å². The Hall–Kier alpha value is -1.31. The Bertz CT molecular complexity index is 323. The molecule has 8 heteroatoms. The van der Waals surface area contributed by atoms with Gasteiger partial charge in [0.2, 0.25) is 0 Å². The van der Waals surface area contributed by atoms with Crippen LogP contribution in [0.4, 0.5) is 17.1 Å². The Kier molecular flexibility index (Phi) is 4.35. The number of halogens is 1. The first-order valence-corrected chi connectivity index (χ1v) is 3.48. The van der Waals surface area contributed by atoms with Gasteiger partial charge in [0.1, 0.15) is 5.75 Å². The normalized spacial score (nSPS) is 9.00. The molecule has 0 aliphatic heterocycles. The highest BCUT2D eigenvalue weighted by Gasteiger charge is 2.15. The van der Waals surface area contributed by atoms with Crippen LogP contribution in [0.25, 0.3) is 0 Å². The van der Waals surface area contributed by atoms with Crippen molar-refractivity contribution >= 4 is 36.8 Å². The number of rotatable bonds is 2. The lowest BCUT2D eigenvalue weighted by Crippen LogP contribution is -2.21. The Labute approximate surface area is 87.2 Å². The van der Waals surface area contributed by atoms with E-state index in [4.69, 9.17) is 27.2 Å². The first-order chi connectivity index (χ1) is 6.02. The maximum Gasteiger partial charge on any atom is 0.707 e. The molecule has 1 aromatic rings. The highest BCUT2D eigenvalue weighted by Crippen LogP contribution is 2.31. The summed E-state index contributed by atoms with van der Waals surface area (Å²) in [5, 5.41) is 17.0. The van der Waals surface area contributed by atoms with Crippen LogP contribution < -0.4 is 21.9 Å². The molecule has 0 saturated heterocycles. The molecule has 8 N–H and O–H groups in total. The zero-order chi connectivity index (χ0) is 10.0. The van der Waals surface area contributed by atoms with Gasteiger partial charge < -0.3 is 31.9 Å². The van der Waals surface area contributed by atoms with Crippen LogP contribution in [-0.4, -0.2) is 17.4 Å². The molecule has 0 aromatic heterocycles. The molecule has 0 heterocycles. The van der Waals surface area contributed by atoms with Crippen LogP contribution in [0.2, 0.25) is 0 Å². The van der Waals surface area contributed by atoms with Gasteiger partial charge >= 0.3 is 7.32 Å². The molecular weight excluding hydrogens is 208 g/mol. The molecule has 0 saturated carbocycles. The molecule has 0 radical (unpaired) electrons. The van der Waals surface area contributed by atoms with Gasteiger partial charge in [0, 0.05) is 0 Å². The molecule has 0 aliphatic rings. The van der Waals surface area contributed by atoms with E-state index in [0.717, 1.165) is 0 Å². The molecule has 0 atom stereocenters. The molecule has 14 heavy (non-hydrogen) atoms. The van der Waals surface area contributed by atoms with Crippen LogP contribution in [0.3, 0.4) is 0 Å². The first kappa shape index (κ1) is 12.7. The zero-order valence-electron chi connectivity index (χ0n) is 7.18. The van der Waals surface area contributed by atoms with Crippen molar-refractivity contribution in [2.24, 2.45) is 0 Å². The number of anilines is 3. The summed E-state index contributed by atoms with van der Waals surface area (Å²) >= 11 is 0. The van der Waals surface area contributed by atoms with Crippen molar-refractivity contribution in [3.05, 3.63) is 12.1 Å². The van der Waals surface area contributed by atoms with E-state index in [0.29, 0.717) is 5.69 Å². The van der Waals surface area contributed by atoms with Crippen LogP contribution in [0, 0.1) is 0 Å². The fraction of sp³-hybridized carbons (Fsp3) is 0. The average Bonchev–Trinajstić information content (AvgIpc) is 2.06. The fourth-order valence-electron chi connectivity index (χ4n) is 0.850. The summed E-state index contributed by atoms with van der Waals surface area (Å²) in [5.41, 5.74) is 17.0. The summed E-state index contributed by atoms with van der Waals surface area (Å²) in [6, 6.07) is 2.86. The van der Waals surface area contributed by atoms with Gasteiger partial charge in [0.25, 0.3) is 0 Å². The van der Waals surface area contributed by atoms with Crippen molar-refractivity contribution in [3.63, 3.8) is 0 Å². The Morgan fingerprint density at radius 2 is 1.64 bits per heavy atom. The smallest absolute Gasteiger partial charge is 0.510 e. The molecule has 78 valence electrons. The van der Waals surface area contributed by atoms with Crippen molar-refractivity contribution in [2.45, 2.75) is 0 Å². The Morgan fingerprint density at radius 3 is 2.14 bits per heavy atom. The van der Waals surface area contributed by atoms with E-state index in [1.807, 2.05) is 0 Å². The number of hydrogen-bond acceptors (Lipinski definition) is 6. The van der Waals surface area contributed by atoms with Crippen molar-refractivity contribution in [1.29, 1.82) is 0 Å². The third-order valence-electron chi connectivity index (χ3n) is 1.51. The lowest BCUT2D eigenvalue weighted by atomic mass is 10.2. The van der Waals surface area contributed by atoms with Gasteiger partial charge in [-0.05, 0) is 12.1 Å². The van der Waals surface area contributed by atoms with Crippen molar-refractivity contribution < 1.29 is 14.7 Å². The SMILES string of the molecule is Cl.Nc1ccc(OB(O)O)c(N)c1N.